The summed E-state index contributed by atoms with van der Waals surface area (Å²) >= 11 is 0. The van der Waals surface area contributed by atoms with E-state index in [0.29, 0.717) is 40.3 Å². The lowest BCUT2D eigenvalue weighted by Gasteiger charge is -2.15. The minimum atomic E-state index is -0.579. The van der Waals surface area contributed by atoms with Crippen molar-refractivity contribution in [2.24, 2.45) is 5.73 Å². The molecule has 0 aromatic heterocycles. The molecule has 0 aliphatic carbocycles. The summed E-state index contributed by atoms with van der Waals surface area (Å²) in [6.07, 6.45) is 3.21. The van der Waals surface area contributed by atoms with Gasteiger partial charge in [-0.25, -0.2) is 4.79 Å². The average molecular weight is 525 g/mol. The third kappa shape index (κ3) is 5.38. The molecule has 0 radical (unpaired) electrons. The number of hydrogen-bond donors (Lipinski definition) is 5. The molecule has 6 N–H and O–H groups in total. The van der Waals surface area contributed by atoms with E-state index in [1.54, 1.807) is 30.3 Å². The lowest BCUT2D eigenvalue weighted by atomic mass is 9.98. The van der Waals surface area contributed by atoms with Gasteiger partial charge in [0.25, 0.3) is 17.5 Å². The van der Waals surface area contributed by atoms with Crippen LogP contribution in [0.15, 0.2) is 72.4 Å². The highest BCUT2D eigenvalue weighted by Crippen LogP contribution is 2.39. The second-order valence-electron chi connectivity index (χ2n) is 8.99. The second-order valence-corrected chi connectivity index (χ2v) is 8.99. The fraction of sp³-hybridized carbons (Fsp3) is 0.107. The van der Waals surface area contributed by atoms with Crippen LogP contribution in [0.25, 0.3) is 17.3 Å². The van der Waals surface area contributed by atoms with Crippen molar-refractivity contribution >= 4 is 52.3 Å². The van der Waals surface area contributed by atoms with Crippen LogP contribution in [0.1, 0.15) is 28.7 Å². The summed E-state index contributed by atoms with van der Waals surface area (Å²) in [7, 11) is 0. The Balaban J connectivity index is 1.54. The number of nitrogens with one attached hydrogen (secondary N) is 4. The number of rotatable bonds is 8. The van der Waals surface area contributed by atoms with E-state index < -0.39 is 16.9 Å². The predicted molar refractivity (Wildman–Crippen MR) is 147 cm³/mol. The number of imide groups is 1. The molecule has 2 aliphatic rings. The quantitative estimate of drug-likeness (QED) is 0.130. The van der Waals surface area contributed by atoms with Gasteiger partial charge in [-0.15, -0.1) is 0 Å². The van der Waals surface area contributed by atoms with E-state index in [1.165, 1.54) is 18.2 Å². The monoisotopic (exact) mass is 524 g/mol. The first-order chi connectivity index (χ1) is 18.8. The maximum absolute atomic E-state index is 13.2. The molecular formula is C28H24N6O5. The molecule has 0 unspecified atom stereocenters. The third-order valence-corrected chi connectivity index (χ3v) is 6.33. The van der Waals surface area contributed by atoms with Crippen molar-refractivity contribution in [3.8, 4) is 0 Å². The summed E-state index contributed by atoms with van der Waals surface area (Å²) in [6.45, 7) is 0.581. The lowest BCUT2D eigenvalue weighted by Crippen LogP contribution is -2.22. The van der Waals surface area contributed by atoms with Gasteiger partial charge < -0.3 is 21.7 Å². The topological polar surface area (TPSA) is 168 Å². The molecular weight excluding hydrogens is 500 g/mol. The van der Waals surface area contributed by atoms with Crippen LogP contribution in [0.5, 0.6) is 0 Å². The highest BCUT2D eigenvalue weighted by atomic mass is 16.6. The van der Waals surface area contributed by atoms with Gasteiger partial charge in [0.2, 0.25) is 0 Å². The minimum absolute atomic E-state index is 0.125. The number of nitro groups is 1. The smallest absolute Gasteiger partial charge is 0.326 e. The van der Waals surface area contributed by atoms with E-state index >= 15 is 0 Å². The van der Waals surface area contributed by atoms with Crippen molar-refractivity contribution in [2.45, 2.75) is 12.8 Å². The summed E-state index contributed by atoms with van der Waals surface area (Å²) in [5.41, 5.74) is 10.4. The van der Waals surface area contributed by atoms with Gasteiger partial charge in [-0.2, -0.15) is 0 Å². The van der Waals surface area contributed by atoms with Crippen LogP contribution in [0, 0.1) is 10.1 Å². The van der Waals surface area contributed by atoms with Crippen molar-refractivity contribution in [3.05, 3.63) is 105 Å². The molecule has 1 fully saturated rings. The maximum atomic E-state index is 13.2. The molecule has 3 aromatic rings. The number of carbonyl (C=O) groups excluding carboxylic acids is 3. The van der Waals surface area contributed by atoms with Crippen molar-refractivity contribution in [1.82, 2.24) is 10.6 Å². The Morgan fingerprint density at radius 2 is 1.67 bits per heavy atom. The Bertz CT molecular complexity index is 1560. The number of amides is 4. The van der Waals surface area contributed by atoms with Gasteiger partial charge in [-0.05, 0) is 60.4 Å². The first-order valence-electron chi connectivity index (χ1n) is 12.2. The summed E-state index contributed by atoms with van der Waals surface area (Å²) in [5.74, 6) is -0.895. The fourth-order valence-electron chi connectivity index (χ4n) is 4.40. The average Bonchev–Trinajstić information content (AvgIpc) is 3.43. The number of urea groups is 1. The number of nitro benzene ring substituents is 1. The summed E-state index contributed by atoms with van der Waals surface area (Å²) in [5, 5.41) is 22.1. The number of fused-ring (bicyclic) bond motifs is 1. The first-order valence-corrected chi connectivity index (χ1v) is 12.2. The Labute approximate surface area is 222 Å². The third-order valence-electron chi connectivity index (χ3n) is 6.33. The molecule has 11 heteroatoms. The molecule has 0 bridgehead atoms. The zero-order valence-corrected chi connectivity index (χ0v) is 20.6. The van der Waals surface area contributed by atoms with Gasteiger partial charge >= 0.3 is 6.03 Å². The Kier molecular flexibility index (Phi) is 6.89. The number of nitrogens with zero attached hydrogens (tertiary/aromatic N) is 1. The van der Waals surface area contributed by atoms with Crippen LogP contribution < -0.4 is 27.0 Å². The predicted octanol–water partition coefficient (Wildman–Crippen LogP) is 3.60. The molecule has 4 amide bonds. The zero-order valence-electron chi connectivity index (χ0n) is 20.6. The standard InChI is InChI=1S/C28H24N6O5/c29-13-1-2-16-3-7-18(8-4-16)25(24-21-15-20(34(38)39)11-12-22(21)31-27(24)36)30-19-9-5-17(6-10-19)14-23-26(35)33-28(37)32-23/h3-12,14-15,30H,1-2,13,29H2,(H,31,36)(H2,32,33,35,37)/b23-14-,25-24?. The van der Waals surface area contributed by atoms with Crippen LogP contribution >= 0.6 is 0 Å². The van der Waals surface area contributed by atoms with Crippen molar-refractivity contribution in [2.75, 3.05) is 17.2 Å². The van der Waals surface area contributed by atoms with Gasteiger partial charge in [0.05, 0.1) is 16.2 Å². The van der Waals surface area contributed by atoms with Crippen molar-refractivity contribution in [1.29, 1.82) is 0 Å². The van der Waals surface area contributed by atoms with E-state index in [2.05, 4.69) is 21.3 Å². The number of hydrogen-bond acceptors (Lipinski definition) is 7. The summed E-state index contributed by atoms with van der Waals surface area (Å²) < 4.78 is 0. The van der Waals surface area contributed by atoms with Crippen LogP contribution in [0.2, 0.25) is 0 Å². The SMILES string of the molecule is NCCCc1ccc(C(Nc2ccc(/C=C3\NC(=O)NC3=O)cc2)=C2C(=O)Nc3ccc([N+](=O)[O-])cc32)cc1. The molecule has 196 valence electrons. The van der Waals surface area contributed by atoms with E-state index in [9.17, 15) is 24.5 Å². The van der Waals surface area contributed by atoms with Gasteiger partial charge in [0.15, 0.2) is 0 Å². The molecule has 0 spiro atoms. The Morgan fingerprint density at radius 1 is 0.923 bits per heavy atom. The lowest BCUT2D eigenvalue weighted by molar-refractivity contribution is -0.384. The largest absolute Gasteiger partial charge is 0.354 e. The van der Waals surface area contributed by atoms with Crippen LogP contribution in [-0.2, 0) is 16.0 Å². The number of benzene rings is 3. The number of anilines is 2. The molecule has 39 heavy (non-hydrogen) atoms. The number of nitrogens with two attached hydrogens (primary N) is 1. The molecule has 5 rings (SSSR count). The Morgan fingerprint density at radius 3 is 2.31 bits per heavy atom. The number of carbonyl (C=O) groups is 3. The van der Waals surface area contributed by atoms with Crippen LogP contribution in [0.3, 0.4) is 0 Å². The van der Waals surface area contributed by atoms with Gasteiger partial charge in [-0.3, -0.25) is 25.0 Å². The summed E-state index contributed by atoms with van der Waals surface area (Å²) in [4.78, 5) is 47.3. The summed E-state index contributed by atoms with van der Waals surface area (Å²) in [6, 6.07) is 18.4. The highest BCUT2D eigenvalue weighted by Gasteiger charge is 2.30. The molecule has 0 saturated carbocycles. The first kappa shape index (κ1) is 25.4. The van der Waals surface area contributed by atoms with Gasteiger partial charge in [0.1, 0.15) is 5.70 Å². The van der Waals surface area contributed by atoms with E-state index in [4.69, 9.17) is 5.73 Å². The number of aryl methyl sites for hydroxylation is 1. The van der Waals surface area contributed by atoms with Crippen molar-refractivity contribution in [3.63, 3.8) is 0 Å². The van der Waals surface area contributed by atoms with Crippen molar-refractivity contribution < 1.29 is 19.3 Å². The molecule has 3 aromatic carbocycles. The fourth-order valence-corrected chi connectivity index (χ4v) is 4.40. The number of non-ortho nitro benzene ring substituents is 1. The van der Waals surface area contributed by atoms with Gasteiger partial charge in [-0.1, -0.05) is 36.4 Å². The van der Waals surface area contributed by atoms with E-state index in [-0.39, 0.29) is 22.9 Å². The minimum Gasteiger partial charge on any atom is -0.354 e. The second kappa shape index (κ2) is 10.6. The molecule has 0 atom stereocenters. The molecule has 1 saturated heterocycles. The molecule has 2 aliphatic heterocycles. The molecule has 2 heterocycles. The van der Waals surface area contributed by atoms with E-state index in [0.717, 1.165) is 18.4 Å². The maximum Gasteiger partial charge on any atom is 0.326 e. The Hall–Kier alpha value is -5.29. The van der Waals surface area contributed by atoms with Crippen LogP contribution in [-0.4, -0.2) is 29.3 Å². The van der Waals surface area contributed by atoms with Crippen LogP contribution in [0.4, 0.5) is 21.9 Å². The molecule has 11 nitrogen and oxygen atoms in total. The van der Waals surface area contributed by atoms with E-state index in [1.807, 2.05) is 24.3 Å². The zero-order chi connectivity index (χ0) is 27.5. The normalized spacial score (nSPS) is 16.4. The highest BCUT2D eigenvalue weighted by molar-refractivity contribution is 6.37. The van der Waals surface area contributed by atoms with Gasteiger partial charge in [0, 0.05) is 29.1 Å².